The van der Waals surface area contributed by atoms with Gasteiger partial charge in [0.05, 0.1) is 5.52 Å². The molecule has 0 saturated carbocycles. The van der Waals surface area contributed by atoms with Gasteiger partial charge in [-0.3, -0.25) is 4.98 Å². The molecule has 1 aromatic carbocycles. The van der Waals surface area contributed by atoms with Gasteiger partial charge < -0.3 is 5.73 Å². The number of halogens is 2. The van der Waals surface area contributed by atoms with Crippen molar-refractivity contribution in [3.05, 3.63) is 35.0 Å². The first-order valence-corrected chi connectivity index (χ1v) is 6.23. The monoisotopic (exact) mass is 248 g/mol. The molecule has 94 valence electrons. The number of hydrogen-bond acceptors (Lipinski definition) is 2. The Balaban J connectivity index is 2.31. The number of benzene rings is 1. The normalized spacial score (nSPS) is 15.4. The summed E-state index contributed by atoms with van der Waals surface area (Å²) >= 11 is 0. The first-order chi connectivity index (χ1) is 8.66. The molecule has 0 saturated heterocycles. The molecule has 2 N–H and O–H groups in total. The third-order valence-electron chi connectivity index (χ3n) is 3.60. The standard InChI is InChI=1S/C14H14F2N2/c15-10-6-9-13(7-11(10)16)18-12-5-3-1-2-4-8(12)14(9)17/h6-7H,1-5H2,(H2,17,18). The summed E-state index contributed by atoms with van der Waals surface area (Å²) in [6.07, 6.45) is 5.05. The number of hydrogen-bond donors (Lipinski definition) is 1. The lowest BCUT2D eigenvalue weighted by atomic mass is 10.0. The van der Waals surface area contributed by atoms with Gasteiger partial charge in [0.25, 0.3) is 0 Å². The lowest BCUT2D eigenvalue weighted by Crippen LogP contribution is -2.03. The van der Waals surface area contributed by atoms with E-state index in [1.54, 1.807) is 0 Å². The van der Waals surface area contributed by atoms with E-state index < -0.39 is 11.6 Å². The average molecular weight is 248 g/mol. The van der Waals surface area contributed by atoms with Crippen molar-refractivity contribution in [3.63, 3.8) is 0 Å². The predicted octanol–water partition coefficient (Wildman–Crippen LogP) is 3.36. The SMILES string of the molecule is Nc1c2c(nc3cc(F)c(F)cc13)CCCCC2. The van der Waals surface area contributed by atoms with E-state index in [-0.39, 0.29) is 0 Å². The summed E-state index contributed by atoms with van der Waals surface area (Å²) < 4.78 is 26.5. The maximum absolute atomic E-state index is 13.3. The van der Waals surface area contributed by atoms with E-state index in [4.69, 9.17) is 5.73 Å². The molecule has 0 atom stereocenters. The zero-order valence-corrected chi connectivity index (χ0v) is 9.97. The fourth-order valence-electron chi connectivity index (χ4n) is 2.63. The molecule has 0 fully saturated rings. The summed E-state index contributed by atoms with van der Waals surface area (Å²) in [5, 5.41) is 0.523. The van der Waals surface area contributed by atoms with Gasteiger partial charge in [-0.2, -0.15) is 0 Å². The fourth-order valence-corrected chi connectivity index (χ4v) is 2.63. The van der Waals surface area contributed by atoms with Crippen LogP contribution in [0.2, 0.25) is 0 Å². The molecule has 0 amide bonds. The summed E-state index contributed by atoms with van der Waals surface area (Å²) in [7, 11) is 0. The lowest BCUT2D eigenvalue weighted by Gasteiger charge is -2.12. The number of nitrogen functional groups attached to an aromatic ring is 1. The minimum Gasteiger partial charge on any atom is -0.398 e. The van der Waals surface area contributed by atoms with E-state index in [1.807, 2.05) is 0 Å². The van der Waals surface area contributed by atoms with Crippen LogP contribution < -0.4 is 5.73 Å². The average Bonchev–Trinajstić information content (AvgIpc) is 2.58. The van der Waals surface area contributed by atoms with Crippen molar-refractivity contribution in [2.45, 2.75) is 32.1 Å². The van der Waals surface area contributed by atoms with Crippen molar-refractivity contribution in [2.75, 3.05) is 5.73 Å². The van der Waals surface area contributed by atoms with Crippen LogP contribution in [0.15, 0.2) is 12.1 Å². The highest BCUT2D eigenvalue weighted by molar-refractivity contribution is 5.92. The third-order valence-corrected chi connectivity index (χ3v) is 3.60. The van der Waals surface area contributed by atoms with Crippen LogP contribution >= 0.6 is 0 Å². The minimum absolute atomic E-state index is 0.451. The first kappa shape index (κ1) is 11.4. The second-order valence-electron chi connectivity index (χ2n) is 4.79. The second-order valence-corrected chi connectivity index (χ2v) is 4.79. The van der Waals surface area contributed by atoms with Crippen LogP contribution in [-0.4, -0.2) is 4.98 Å². The Hall–Kier alpha value is -1.71. The van der Waals surface area contributed by atoms with Gasteiger partial charge in [0, 0.05) is 22.8 Å². The number of fused-ring (bicyclic) bond motifs is 2. The van der Waals surface area contributed by atoms with Crippen molar-refractivity contribution in [1.29, 1.82) is 0 Å². The van der Waals surface area contributed by atoms with Gasteiger partial charge in [-0.1, -0.05) is 6.42 Å². The van der Waals surface area contributed by atoms with Crippen molar-refractivity contribution in [2.24, 2.45) is 0 Å². The summed E-state index contributed by atoms with van der Waals surface area (Å²) in [6.45, 7) is 0. The number of nitrogens with two attached hydrogens (primary N) is 1. The smallest absolute Gasteiger partial charge is 0.161 e. The fraction of sp³-hybridized carbons (Fsp3) is 0.357. The lowest BCUT2D eigenvalue weighted by molar-refractivity contribution is 0.510. The Morgan fingerprint density at radius 3 is 2.56 bits per heavy atom. The molecule has 0 spiro atoms. The van der Waals surface area contributed by atoms with E-state index >= 15 is 0 Å². The van der Waals surface area contributed by atoms with Crippen LogP contribution in [0.3, 0.4) is 0 Å². The molecule has 4 heteroatoms. The number of pyridine rings is 1. The van der Waals surface area contributed by atoms with E-state index in [0.29, 0.717) is 16.6 Å². The number of aryl methyl sites for hydroxylation is 1. The van der Waals surface area contributed by atoms with Gasteiger partial charge in [-0.25, -0.2) is 8.78 Å². The summed E-state index contributed by atoms with van der Waals surface area (Å²) in [4.78, 5) is 4.45. The number of anilines is 1. The van der Waals surface area contributed by atoms with E-state index in [0.717, 1.165) is 55.5 Å². The van der Waals surface area contributed by atoms with Crippen molar-refractivity contribution in [1.82, 2.24) is 4.98 Å². The van der Waals surface area contributed by atoms with Crippen LogP contribution in [0.4, 0.5) is 14.5 Å². The molecule has 18 heavy (non-hydrogen) atoms. The van der Waals surface area contributed by atoms with Crippen molar-refractivity contribution in [3.8, 4) is 0 Å². The summed E-state index contributed by atoms with van der Waals surface area (Å²) in [6, 6.07) is 2.28. The van der Waals surface area contributed by atoms with Gasteiger partial charge in [0.1, 0.15) is 0 Å². The Morgan fingerprint density at radius 2 is 1.72 bits per heavy atom. The highest BCUT2D eigenvalue weighted by Crippen LogP contribution is 2.31. The Morgan fingerprint density at radius 1 is 1.00 bits per heavy atom. The highest BCUT2D eigenvalue weighted by Gasteiger charge is 2.17. The maximum atomic E-state index is 13.3. The van der Waals surface area contributed by atoms with Gasteiger partial charge in [-0.15, -0.1) is 0 Å². The molecule has 0 aliphatic heterocycles. The molecule has 0 bridgehead atoms. The van der Waals surface area contributed by atoms with Crippen molar-refractivity contribution < 1.29 is 8.78 Å². The van der Waals surface area contributed by atoms with Crippen LogP contribution in [0.5, 0.6) is 0 Å². The number of nitrogens with zero attached hydrogens (tertiary/aromatic N) is 1. The van der Waals surface area contributed by atoms with E-state index in [1.165, 1.54) is 0 Å². The molecule has 0 radical (unpaired) electrons. The largest absolute Gasteiger partial charge is 0.398 e. The molecule has 1 aliphatic carbocycles. The molecule has 1 aliphatic rings. The molecule has 1 aromatic heterocycles. The topological polar surface area (TPSA) is 38.9 Å². The van der Waals surface area contributed by atoms with Crippen LogP contribution in [0.25, 0.3) is 10.9 Å². The molecule has 1 heterocycles. The van der Waals surface area contributed by atoms with Crippen LogP contribution in [0, 0.1) is 11.6 Å². The quantitative estimate of drug-likeness (QED) is 0.726. The van der Waals surface area contributed by atoms with Gasteiger partial charge >= 0.3 is 0 Å². The zero-order chi connectivity index (χ0) is 12.7. The molecule has 3 rings (SSSR count). The molecular formula is C14H14F2N2. The van der Waals surface area contributed by atoms with E-state index in [9.17, 15) is 8.78 Å². The highest BCUT2D eigenvalue weighted by atomic mass is 19.2. The first-order valence-electron chi connectivity index (χ1n) is 6.23. The minimum atomic E-state index is -0.872. The molecule has 0 unspecified atom stereocenters. The summed E-state index contributed by atoms with van der Waals surface area (Å²) in [5.74, 6) is -1.74. The van der Waals surface area contributed by atoms with Crippen LogP contribution in [0.1, 0.15) is 30.5 Å². The second kappa shape index (κ2) is 4.19. The third kappa shape index (κ3) is 1.72. The Kier molecular flexibility index (Phi) is 2.65. The molecule has 2 aromatic rings. The van der Waals surface area contributed by atoms with Gasteiger partial charge in [0.2, 0.25) is 0 Å². The Bertz CT molecular complexity index is 623. The number of aromatic nitrogens is 1. The predicted molar refractivity (Wildman–Crippen MR) is 67.3 cm³/mol. The van der Waals surface area contributed by atoms with Gasteiger partial charge in [0.15, 0.2) is 11.6 Å². The Labute approximate surface area is 104 Å². The van der Waals surface area contributed by atoms with Gasteiger partial charge in [-0.05, 0) is 37.3 Å². The summed E-state index contributed by atoms with van der Waals surface area (Å²) in [5.41, 5.74) is 9.08. The van der Waals surface area contributed by atoms with Crippen molar-refractivity contribution >= 4 is 16.6 Å². The molecular weight excluding hydrogens is 234 g/mol. The zero-order valence-electron chi connectivity index (χ0n) is 9.97. The maximum Gasteiger partial charge on any atom is 0.161 e. The van der Waals surface area contributed by atoms with E-state index in [2.05, 4.69) is 4.98 Å². The van der Waals surface area contributed by atoms with Crippen LogP contribution in [-0.2, 0) is 12.8 Å². The molecule has 2 nitrogen and oxygen atoms in total. The number of rotatable bonds is 0.